The fourth-order valence-corrected chi connectivity index (χ4v) is 5.27. The van der Waals surface area contributed by atoms with Crippen molar-refractivity contribution in [2.45, 2.75) is 18.4 Å². The Kier molecular flexibility index (Phi) is 5.63. The van der Waals surface area contributed by atoms with E-state index in [1.54, 1.807) is 6.07 Å². The van der Waals surface area contributed by atoms with Crippen LogP contribution >= 0.6 is 0 Å². The summed E-state index contributed by atoms with van der Waals surface area (Å²) >= 11 is 0. The lowest BCUT2D eigenvalue weighted by molar-refractivity contribution is 0.0904. The van der Waals surface area contributed by atoms with Gasteiger partial charge in [0.2, 0.25) is 0 Å². The van der Waals surface area contributed by atoms with Crippen LogP contribution < -0.4 is 5.32 Å². The minimum Gasteiger partial charge on any atom is -0.336 e. The molecule has 2 aromatic rings. The predicted octanol–water partition coefficient (Wildman–Crippen LogP) is 3.18. The fourth-order valence-electron chi connectivity index (χ4n) is 5.27. The normalized spacial score (nSPS) is 24.5. The summed E-state index contributed by atoms with van der Waals surface area (Å²) in [4.78, 5) is 18.5. The van der Waals surface area contributed by atoms with Crippen LogP contribution in [-0.4, -0.2) is 73.1 Å². The molecule has 1 N–H and O–H groups in total. The minimum atomic E-state index is -0.236. The molecule has 2 aliphatic heterocycles. The second-order valence-electron chi connectivity index (χ2n) is 8.73. The lowest BCUT2D eigenvalue weighted by Gasteiger charge is -2.39. The van der Waals surface area contributed by atoms with Gasteiger partial charge in [-0.2, -0.15) is 0 Å². The molecule has 5 rings (SSSR count). The monoisotopic (exact) mass is 426 g/mol. The molecule has 2 heterocycles. The Morgan fingerprint density at radius 3 is 2.32 bits per heavy atom. The SMILES string of the molecule is O=C1NCCN1CCN1CCN(C2CC(c3ccc(F)cc3)c3ccc(F)cc32)CC1. The average Bonchev–Trinajstić information content (AvgIpc) is 3.36. The average molecular weight is 427 g/mol. The molecule has 0 saturated carbocycles. The molecule has 2 fully saturated rings. The summed E-state index contributed by atoms with van der Waals surface area (Å²) in [5, 5.41) is 2.84. The van der Waals surface area contributed by atoms with Gasteiger partial charge in [-0.15, -0.1) is 0 Å². The Morgan fingerprint density at radius 1 is 0.871 bits per heavy atom. The van der Waals surface area contributed by atoms with Gasteiger partial charge in [0.25, 0.3) is 0 Å². The van der Waals surface area contributed by atoms with Crippen molar-refractivity contribution in [1.29, 1.82) is 0 Å². The van der Waals surface area contributed by atoms with E-state index in [1.165, 1.54) is 18.2 Å². The number of benzene rings is 2. The van der Waals surface area contributed by atoms with Crippen LogP contribution in [0, 0.1) is 11.6 Å². The highest BCUT2D eigenvalue weighted by molar-refractivity contribution is 5.76. The van der Waals surface area contributed by atoms with E-state index in [2.05, 4.69) is 15.1 Å². The molecule has 2 unspecified atom stereocenters. The Balaban J connectivity index is 1.26. The first-order valence-corrected chi connectivity index (χ1v) is 11.1. The van der Waals surface area contributed by atoms with Gasteiger partial charge in [0.15, 0.2) is 0 Å². The van der Waals surface area contributed by atoms with E-state index >= 15 is 0 Å². The van der Waals surface area contributed by atoms with Crippen LogP contribution in [0.5, 0.6) is 0 Å². The van der Waals surface area contributed by atoms with Gasteiger partial charge in [0, 0.05) is 64.3 Å². The van der Waals surface area contributed by atoms with Gasteiger partial charge >= 0.3 is 6.03 Å². The largest absolute Gasteiger partial charge is 0.336 e. The van der Waals surface area contributed by atoms with Gasteiger partial charge in [-0.05, 0) is 47.4 Å². The molecule has 2 atom stereocenters. The van der Waals surface area contributed by atoms with E-state index in [9.17, 15) is 13.6 Å². The van der Waals surface area contributed by atoms with Crippen LogP contribution in [0.2, 0.25) is 0 Å². The van der Waals surface area contributed by atoms with E-state index in [0.29, 0.717) is 0 Å². The fraction of sp³-hybridized carbons (Fsp3) is 0.458. The molecule has 164 valence electrons. The summed E-state index contributed by atoms with van der Waals surface area (Å²) in [5.41, 5.74) is 3.30. The third-order valence-electron chi connectivity index (χ3n) is 6.99. The van der Waals surface area contributed by atoms with E-state index < -0.39 is 0 Å². The molecule has 1 aliphatic carbocycles. The zero-order valence-corrected chi connectivity index (χ0v) is 17.6. The number of hydrogen-bond acceptors (Lipinski definition) is 3. The zero-order valence-electron chi connectivity index (χ0n) is 17.6. The number of piperazine rings is 1. The van der Waals surface area contributed by atoms with E-state index in [4.69, 9.17) is 0 Å². The second-order valence-corrected chi connectivity index (χ2v) is 8.73. The van der Waals surface area contributed by atoms with Gasteiger partial charge in [-0.1, -0.05) is 18.2 Å². The lowest BCUT2D eigenvalue weighted by atomic mass is 9.93. The highest BCUT2D eigenvalue weighted by Crippen LogP contribution is 2.47. The van der Waals surface area contributed by atoms with Crippen LogP contribution in [0.3, 0.4) is 0 Å². The van der Waals surface area contributed by atoms with Crippen molar-refractivity contribution < 1.29 is 13.6 Å². The second kappa shape index (κ2) is 8.55. The van der Waals surface area contributed by atoms with E-state index in [-0.39, 0.29) is 29.6 Å². The van der Waals surface area contributed by atoms with Gasteiger partial charge < -0.3 is 10.2 Å². The minimum absolute atomic E-state index is 0.0371. The van der Waals surface area contributed by atoms with E-state index in [1.807, 2.05) is 23.1 Å². The van der Waals surface area contributed by atoms with Crippen LogP contribution in [0.4, 0.5) is 13.6 Å². The number of nitrogens with one attached hydrogen (secondary N) is 1. The van der Waals surface area contributed by atoms with Crippen molar-refractivity contribution >= 4 is 6.03 Å². The maximum Gasteiger partial charge on any atom is 0.317 e. The van der Waals surface area contributed by atoms with Crippen molar-refractivity contribution in [2.24, 2.45) is 0 Å². The molecule has 3 aliphatic rings. The van der Waals surface area contributed by atoms with Gasteiger partial charge in [-0.3, -0.25) is 9.80 Å². The van der Waals surface area contributed by atoms with Crippen molar-refractivity contribution in [3.05, 3.63) is 70.8 Å². The molecule has 2 amide bonds. The summed E-state index contributed by atoms with van der Waals surface area (Å²) in [6, 6.07) is 12.0. The highest BCUT2D eigenvalue weighted by atomic mass is 19.1. The standard InChI is InChI=1S/C24H28F2N4O/c25-18-3-1-17(2-4-18)21-16-23(22-15-19(26)5-6-20(21)22)29-12-9-28(10-13-29)11-14-30-8-7-27-24(30)31/h1-6,15,21,23H,7-14,16H2,(H,27,31). The topological polar surface area (TPSA) is 38.8 Å². The van der Waals surface area contributed by atoms with Crippen molar-refractivity contribution in [3.63, 3.8) is 0 Å². The van der Waals surface area contributed by atoms with Gasteiger partial charge in [0.05, 0.1) is 0 Å². The highest BCUT2D eigenvalue weighted by Gasteiger charge is 2.36. The molecule has 7 heteroatoms. The molecule has 5 nitrogen and oxygen atoms in total. The van der Waals surface area contributed by atoms with Crippen LogP contribution in [0.1, 0.15) is 35.1 Å². The maximum absolute atomic E-state index is 14.1. The molecular formula is C24H28F2N4O. The summed E-state index contributed by atoms with van der Waals surface area (Å²) < 4.78 is 27.5. The summed E-state index contributed by atoms with van der Waals surface area (Å²) in [6.07, 6.45) is 0.887. The van der Waals surface area contributed by atoms with Crippen molar-refractivity contribution in [2.75, 3.05) is 52.4 Å². The first kappa shape index (κ1) is 20.4. The van der Waals surface area contributed by atoms with Crippen molar-refractivity contribution in [1.82, 2.24) is 20.0 Å². The number of carbonyl (C=O) groups excluding carboxylic acids is 1. The number of nitrogens with zero attached hydrogens (tertiary/aromatic N) is 3. The van der Waals surface area contributed by atoms with Gasteiger partial charge in [0.1, 0.15) is 11.6 Å². The lowest BCUT2D eigenvalue weighted by Crippen LogP contribution is -2.49. The number of carbonyl (C=O) groups is 1. The van der Waals surface area contributed by atoms with Crippen LogP contribution in [-0.2, 0) is 0 Å². The quantitative estimate of drug-likeness (QED) is 0.798. The van der Waals surface area contributed by atoms with Gasteiger partial charge in [-0.25, -0.2) is 13.6 Å². The molecular weight excluding hydrogens is 398 g/mol. The molecule has 0 spiro atoms. The Bertz CT molecular complexity index is 943. The molecule has 31 heavy (non-hydrogen) atoms. The first-order chi connectivity index (χ1) is 15.1. The van der Waals surface area contributed by atoms with E-state index in [0.717, 1.165) is 75.5 Å². The number of halogens is 2. The number of urea groups is 1. The smallest absolute Gasteiger partial charge is 0.317 e. The molecule has 0 radical (unpaired) electrons. The predicted molar refractivity (Wildman–Crippen MR) is 115 cm³/mol. The Morgan fingerprint density at radius 2 is 1.61 bits per heavy atom. The summed E-state index contributed by atoms with van der Waals surface area (Å²) in [7, 11) is 0. The third kappa shape index (κ3) is 4.16. The number of amides is 2. The number of rotatable bonds is 5. The molecule has 0 bridgehead atoms. The Labute approximate surface area is 181 Å². The molecule has 2 saturated heterocycles. The maximum atomic E-state index is 14.1. The summed E-state index contributed by atoms with van der Waals surface area (Å²) in [6.45, 7) is 6.89. The number of fused-ring (bicyclic) bond motifs is 1. The summed E-state index contributed by atoms with van der Waals surface area (Å²) in [5.74, 6) is -0.279. The van der Waals surface area contributed by atoms with Crippen molar-refractivity contribution in [3.8, 4) is 0 Å². The first-order valence-electron chi connectivity index (χ1n) is 11.1. The Hall–Kier alpha value is -2.51. The third-order valence-corrected chi connectivity index (χ3v) is 6.99. The zero-order chi connectivity index (χ0) is 21.4. The molecule has 2 aromatic carbocycles. The molecule has 0 aromatic heterocycles. The van der Waals surface area contributed by atoms with Crippen LogP contribution in [0.25, 0.3) is 0 Å². The number of hydrogen-bond donors (Lipinski definition) is 1. The van der Waals surface area contributed by atoms with Crippen LogP contribution in [0.15, 0.2) is 42.5 Å².